The molecule has 0 saturated carbocycles. The number of hydrogen-bond donors (Lipinski definition) is 2. The lowest BCUT2D eigenvalue weighted by molar-refractivity contribution is -0.132. The van der Waals surface area contributed by atoms with E-state index in [9.17, 15) is 9.59 Å². The van der Waals surface area contributed by atoms with Crippen LogP contribution in [0.4, 0.5) is 0 Å². The Morgan fingerprint density at radius 2 is 1.82 bits per heavy atom. The van der Waals surface area contributed by atoms with Crippen LogP contribution < -0.4 is 10.5 Å². The number of carbonyl (C=O) groups excluding carboxylic acids is 2. The number of ketones is 1. The van der Waals surface area contributed by atoms with Crippen LogP contribution in [-0.4, -0.2) is 32.3 Å². The van der Waals surface area contributed by atoms with Crippen LogP contribution in [0.2, 0.25) is 0 Å². The topological polar surface area (TPSA) is 58.2 Å². The molecule has 1 atom stereocenters. The van der Waals surface area contributed by atoms with Crippen molar-refractivity contribution in [1.29, 1.82) is 0 Å². The molecule has 0 fully saturated rings. The number of rotatable bonds is 7. The standard InChI is InChI=1S/C12H25BN2O2/c1-9(16)15-10(7-5-6-8-14-13)11(17)12(2,3)4/h10,14H,5-8,13H2,1-4H3,(H,15,16)/t10-/m0/s1. The molecule has 0 aromatic heterocycles. The van der Waals surface area contributed by atoms with Crippen LogP contribution in [0, 0.1) is 5.41 Å². The second kappa shape index (κ2) is 7.48. The summed E-state index contributed by atoms with van der Waals surface area (Å²) in [4.78, 5) is 23.2. The Morgan fingerprint density at radius 3 is 2.24 bits per heavy atom. The molecule has 2 N–H and O–H groups in total. The summed E-state index contributed by atoms with van der Waals surface area (Å²) in [5, 5.41) is 5.82. The van der Waals surface area contributed by atoms with Gasteiger partial charge in [0.2, 0.25) is 5.91 Å². The molecular formula is C12H25BN2O2. The molecule has 0 saturated heterocycles. The van der Waals surface area contributed by atoms with E-state index in [1.807, 2.05) is 28.8 Å². The molecule has 0 aliphatic rings. The first kappa shape index (κ1) is 16.2. The molecule has 1 amide bonds. The highest BCUT2D eigenvalue weighted by Crippen LogP contribution is 2.19. The molecule has 5 heteroatoms. The highest BCUT2D eigenvalue weighted by atomic mass is 16.2. The fourth-order valence-corrected chi connectivity index (χ4v) is 1.69. The van der Waals surface area contributed by atoms with E-state index < -0.39 is 5.41 Å². The molecule has 0 aliphatic carbocycles. The first-order valence-electron chi connectivity index (χ1n) is 6.25. The van der Waals surface area contributed by atoms with E-state index in [0.717, 1.165) is 25.8 Å². The molecule has 0 rings (SSSR count). The number of carbonyl (C=O) groups is 2. The lowest BCUT2D eigenvalue weighted by Crippen LogP contribution is -2.44. The minimum Gasteiger partial charge on any atom is -0.362 e. The van der Waals surface area contributed by atoms with E-state index in [4.69, 9.17) is 0 Å². The summed E-state index contributed by atoms with van der Waals surface area (Å²) in [6, 6.07) is -0.343. The molecule has 0 unspecified atom stereocenters. The first-order valence-corrected chi connectivity index (χ1v) is 6.25. The van der Waals surface area contributed by atoms with E-state index in [-0.39, 0.29) is 17.7 Å². The summed E-state index contributed by atoms with van der Waals surface area (Å²) >= 11 is 0. The van der Waals surface area contributed by atoms with Gasteiger partial charge in [-0.25, -0.2) is 0 Å². The lowest BCUT2D eigenvalue weighted by atomic mass is 9.84. The van der Waals surface area contributed by atoms with Crippen molar-refractivity contribution in [2.75, 3.05) is 6.54 Å². The Bertz CT molecular complexity index is 262. The molecule has 0 radical (unpaired) electrons. The quantitative estimate of drug-likeness (QED) is 0.500. The summed E-state index contributed by atoms with van der Waals surface area (Å²) in [7, 11) is 1.91. The summed E-state index contributed by atoms with van der Waals surface area (Å²) in [5.74, 6) is -0.0293. The van der Waals surface area contributed by atoms with Crippen LogP contribution in [-0.2, 0) is 9.59 Å². The van der Waals surface area contributed by atoms with Crippen molar-refractivity contribution < 1.29 is 9.59 Å². The number of unbranched alkanes of at least 4 members (excludes halogenated alkanes) is 1. The van der Waals surface area contributed by atoms with Gasteiger partial charge in [0.15, 0.2) is 13.8 Å². The predicted octanol–water partition coefficient (Wildman–Crippen LogP) is 0.414. The van der Waals surface area contributed by atoms with Crippen molar-refractivity contribution in [2.45, 2.75) is 53.0 Å². The maximum absolute atomic E-state index is 12.1. The second-order valence-electron chi connectivity index (χ2n) is 5.47. The summed E-state index contributed by atoms with van der Waals surface area (Å²) < 4.78 is 0. The van der Waals surface area contributed by atoms with Crippen LogP contribution in [0.15, 0.2) is 0 Å². The summed E-state index contributed by atoms with van der Waals surface area (Å²) in [6.07, 6.45) is 2.68. The van der Waals surface area contributed by atoms with Crippen molar-refractivity contribution >= 4 is 19.7 Å². The van der Waals surface area contributed by atoms with Gasteiger partial charge < -0.3 is 10.5 Å². The van der Waals surface area contributed by atoms with Crippen molar-refractivity contribution in [1.82, 2.24) is 10.5 Å². The van der Waals surface area contributed by atoms with Crippen molar-refractivity contribution in [2.24, 2.45) is 5.41 Å². The fourth-order valence-electron chi connectivity index (χ4n) is 1.69. The average Bonchev–Trinajstić information content (AvgIpc) is 2.19. The highest BCUT2D eigenvalue weighted by molar-refractivity contribution is 6.04. The number of Topliss-reactive ketones (excluding diaryl/α,β-unsaturated/α-hetero) is 1. The Kier molecular flexibility index (Phi) is 7.12. The zero-order valence-corrected chi connectivity index (χ0v) is 11.7. The number of amides is 1. The third-order valence-corrected chi connectivity index (χ3v) is 2.60. The van der Waals surface area contributed by atoms with Gasteiger partial charge in [-0.2, -0.15) is 0 Å². The Balaban J connectivity index is 4.33. The zero-order valence-electron chi connectivity index (χ0n) is 11.7. The molecule has 0 aliphatic heterocycles. The average molecular weight is 240 g/mol. The smallest absolute Gasteiger partial charge is 0.217 e. The van der Waals surface area contributed by atoms with Crippen LogP contribution in [0.1, 0.15) is 47.0 Å². The predicted molar refractivity (Wildman–Crippen MR) is 72.5 cm³/mol. The molecule has 98 valence electrons. The van der Waals surface area contributed by atoms with E-state index >= 15 is 0 Å². The largest absolute Gasteiger partial charge is 0.362 e. The third kappa shape index (κ3) is 7.16. The summed E-state index contributed by atoms with van der Waals surface area (Å²) in [5.41, 5.74) is -0.407. The first-order chi connectivity index (χ1) is 7.79. The van der Waals surface area contributed by atoms with Gasteiger partial charge in [-0.15, -0.1) is 0 Å². The van der Waals surface area contributed by atoms with E-state index in [2.05, 4.69) is 10.5 Å². The van der Waals surface area contributed by atoms with Crippen molar-refractivity contribution in [3.05, 3.63) is 0 Å². The minimum absolute atomic E-state index is 0.108. The molecule has 0 aromatic rings. The van der Waals surface area contributed by atoms with Crippen LogP contribution in [0.25, 0.3) is 0 Å². The van der Waals surface area contributed by atoms with Gasteiger partial charge in [-0.05, 0) is 25.8 Å². The molecule has 17 heavy (non-hydrogen) atoms. The normalized spacial score (nSPS) is 13.2. The molecular weight excluding hydrogens is 215 g/mol. The number of hydrogen-bond acceptors (Lipinski definition) is 3. The van der Waals surface area contributed by atoms with E-state index in [1.165, 1.54) is 6.92 Å². The zero-order chi connectivity index (χ0) is 13.5. The highest BCUT2D eigenvalue weighted by Gasteiger charge is 2.29. The van der Waals surface area contributed by atoms with Gasteiger partial charge in [0, 0.05) is 12.3 Å². The van der Waals surface area contributed by atoms with Gasteiger partial charge >= 0.3 is 0 Å². The van der Waals surface area contributed by atoms with Gasteiger partial charge in [0.25, 0.3) is 0 Å². The van der Waals surface area contributed by atoms with Crippen LogP contribution >= 0.6 is 0 Å². The van der Waals surface area contributed by atoms with Crippen LogP contribution in [0.3, 0.4) is 0 Å². The van der Waals surface area contributed by atoms with Gasteiger partial charge in [0.05, 0.1) is 6.04 Å². The van der Waals surface area contributed by atoms with Gasteiger partial charge in [0.1, 0.15) is 0 Å². The van der Waals surface area contributed by atoms with Crippen molar-refractivity contribution in [3.63, 3.8) is 0 Å². The van der Waals surface area contributed by atoms with Crippen molar-refractivity contribution in [3.8, 4) is 0 Å². The molecule has 0 spiro atoms. The second-order valence-corrected chi connectivity index (χ2v) is 5.47. The monoisotopic (exact) mass is 240 g/mol. The lowest BCUT2D eigenvalue weighted by Gasteiger charge is -2.25. The number of nitrogens with one attached hydrogen (secondary N) is 2. The SMILES string of the molecule is BNCCCC[C@H](NC(C)=O)C(=O)C(C)(C)C. The van der Waals surface area contributed by atoms with Gasteiger partial charge in [-0.1, -0.05) is 20.8 Å². The summed E-state index contributed by atoms with van der Waals surface area (Å²) in [6.45, 7) is 8.06. The molecule has 0 heterocycles. The fraction of sp³-hybridized carbons (Fsp3) is 0.833. The Hall–Kier alpha value is -0.835. The van der Waals surface area contributed by atoms with Crippen LogP contribution in [0.5, 0.6) is 0 Å². The molecule has 0 bridgehead atoms. The van der Waals surface area contributed by atoms with E-state index in [0.29, 0.717) is 0 Å². The third-order valence-electron chi connectivity index (χ3n) is 2.60. The molecule has 0 aromatic carbocycles. The van der Waals surface area contributed by atoms with Gasteiger partial charge in [-0.3, -0.25) is 9.59 Å². The minimum atomic E-state index is -0.407. The maximum atomic E-state index is 12.1. The Morgan fingerprint density at radius 1 is 1.24 bits per heavy atom. The maximum Gasteiger partial charge on any atom is 0.217 e. The van der Waals surface area contributed by atoms with E-state index in [1.54, 1.807) is 0 Å². The molecule has 4 nitrogen and oxygen atoms in total. The Labute approximate surface area is 105 Å².